The van der Waals surface area contributed by atoms with Crippen LogP contribution in [0, 0.1) is 17.3 Å². The molecule has 2 saturated carbocycles. The van der Waals surface area contributed by atoms with Crippen LogP contribution in [0.1, 0.15) is 105 Å². The lowest BCUT2D eigenvalue weighted by Crippen LogP contribution is -2.60. The number of primary amides is 1. The highest BCUT2D eigenvalue weighted by atomic mass is 16.5. The standard InChI is InChI=1S/C31H45N5O7.C4H8.CH4/c1-19(24(37)26(32)38)33-27(39)22-16-11-17-36(22)28(40)23(21-14-9-6-10-15-21)34-30(42)35-25(31(2,3)4)29(41)43-18-20-12-7-5-8-13-20;1-4-2-3-4;/h5,7-8,12-13,19,21-23,25H,6,9-11,14-18H2,1-4H3,(H2,32,38)(H,33,39)(H2,34,35,42);4H,2-3H2,1H3;1H4. The second-order valence-corrected chi connectivity index (χ2v) is 14.2. The topological polar surface area (TPSA) is 177 Å². The first-order chi connectivity index (χ1) is 22.2. The number of rotatable bonds is 11. The van der Waals surface area contributed by atoms with Crippen LogP contribution in [0.3, 0.4) is 0 Å². The zero-order valence-electron chi connectivity index (χ0n) is 28.5. The van der Waals surface area contributed by atoms with Crippen LogP contribution in [0.15, 0.2) is 30.3 Å². The van der Waals surface area contributed by atoms with Crippen molar-refractivity contribution in [1.29, 1.82) is 0 Å². The first kappa shape index (κ1) is 40.2. The van der Waals surface area contributed by atoms with Crippen molar-refractivity contribution in [2.45, 2.75) is 131 Å². The largest absolute Gasteiger partial charge is 0.459 e. The molecule has 268 valence electrons. The Labute approximate surface area is 285 Å². The van der Waals surface area contributed by atoms with Gasteiger partial charge in [-0.05, 0) is 55.4 Å². The number of likely N-dealkylation sites (tertiary alicyclic amines) is 1. The Morgan fingerprint density at radius 2 is 1.50 bits per heavy atom. The lowest BCUT2D eigenvalue weighted by atomic mass is 9.83. The molecule has 1 saturated heterocycles. The average Bonchev–Trinajstić information content (AvgIpc) is 3.66. The summed E-state index contributed by atoms with van der Waals surface area (Å²) in [5.74, 6) is -2.70. The Morgan fingerprint density at radius 3 is 2.04 bits per heavy atom. The van der Waals surface area contributed by atoms with E-state index in [-0.39, 0.29) is 20.0 Å². The van der Waals surface area contributed by atoms with Crippen LogP contribution in [-0.4, -0.2) is 71.1 Å². The highest BCUT2D eigenvalue weighted by Crippen LogP contribution is 2.30. The number of carbonyl (C=O) groups excluding carboxylic acids is 6. The van der Waals surface area contributed by atoms with E-state index in [2.05, 4.69) is 22.9 Å². The van der Waals surface area contributed by atoms with Crippen LogP contribution in [-0.2, 0) is 35.3 Å². The summed E-state index contributed by atoms with van der Waals surface area (Å²) < 4.78 is 5.52. The van der Waals surface area contributed by atoms with Crippen molar-refractivity contribution in [1.82, 2.24) is 20.9 Å². The number of Topliss-reactive ketones (excluding diaryl/α,β-unsaturated/α-hetero) is 1. The maximum absolute atomic E-state index is 14.0. The second-order valence-electron chi connectivity index (χ2n) is 14.2. The van der Waals surface area contributed by atoms with Gasteiger partial charge in [0, 0.05) is 6.54 Å². The fraction of sp³-hybridized carbons (Fsp3) is 0.667. The Balaban J connectivity index is 0.00000148. The monoisotopic (exact) mass is 671 g/mol. The minimum atomic E-state index is -1.16. The van der Waals surface area contributed by atoms with E-state index >= 15 is 0 Å². The molecule has 0 spiro atoms. The number of esters is 1. The number of urea groups is 1. The lowest BCUT2D eigenvalue weighted by Gasteiger charge is -2.36. The van der Waals surface area contributed by atoms with Crippen LogP contribution >= 0.6 is 0 Å². The molecule has 4 atom stereocenters. The molecule has 2 aliphatic carbocycles. The Bertz CT molecular complexity index is 1250. The molecule has 12 nitrogen and oxygen atoms in total. The number of hydrogen-bond donors (Lipinski definition) is 4. The van der Waals surface area contributed by atoms with E-state index < -0.39 is 65.1 Å². The summed E-state index contributed by atoms with van der Waals surface area (Å²) in [6, 6.07) is 4.64. The molecule has 0 radical (unpaired) electrons. The molecule has 1 aromatic rings. The summed E-state index contributed by atoms with van der Waals surface area (Å²) in [5, 5.41) is 8.06. The van der Waals surface area contributed by atoms with E-state index in [1.807, 2.05) is 51.1 Å². The van der Waals surface area contributed by atoms with Crippen molar-refractivity contribution in [2.75, 3.05) is 6.54 Å². The molecule has 4 unspecified atom stereocenters. The quantitative estimate of drug-likeness (QED) is 0.203. The fourth-order valence-corrected chi connectivity index (χ4v) is 5.84. The molecule has 0 bridgehead atoms. The van der Waals surface area contributed by atoms with E-state index in [0.717, 1.165) is 43.6 Å². The number of nitrogens with one attached hydrogen (secondary N) is 3. The fourth-order valence-electron chi connectivity index (χ4n) is 5.84. The van der Waals surface area contributed by atoms with Gasteiger partial charge in [-0.2, -0.15) is 0 Å². The SMILES string of the molecule is C.CC(NC(=O)C1CCCN1C(=O)C(NC(=O)NC(C(=O)OCc1ccccc1)C(C)(C)C)C1CCCCC1)C(=O)C(N)=O.CC1CC1. The van der Waals surface area contributed by atoms with E-state index in [9.17, 15) is 28.8 Å². The molecule has 3 aliphatic rings. The Kier molecular flexibility index (Phi) is 15.5. The maximum atomic E-state index is 14.0. The molecule has 0 aromatic heterocycles. The molecule has 3 fully saturated rings. The van der Waals surface area contributed by atoms with Crippen molar-refractivity contribution in [3.05, 3.63) is 35.9 Å². The predicted octanol–water partition coefficient (Wildman–Crippen LogP) is 4.00. The summed E-state index contributed by atoms with van der Waals surface area (Å²) in [5.41, 5.74) is 5.18. The van der Waals surface area contributed by atoms with Gasteiger partial charge in [0.1, 0.15) is 24.7 Å². The van der Waals surface area contributed by atoms with Crippen LogP contribution < -0.4 is 21.7 Å². The molecular formula is C36H57N5O7. The number of ketones is 1. The third kappa shape index (κ3) is 12.2. The average molecular weight is 672 g/mol. The van der Waals surface area contributed by atoms with Crippen molar-refractivity contribution in [3.63, 3.8) is 0 Å². The van der Waals surface area contributed by atoms with Gasteiger partial charge in [-0.25, -0.2) is 9.59 Å². The van der Waals surface area contributed by atoms with Gasteiger partial charge in [-0.15, -0.1) is 0 Å². The minimum absolute atomic E-state index is 0. The van der Waals surface area contributed by atoms with Gasteiger partial charge in [-0.3, -0.25) is 19.2 Å². The van der Waals surface area contributed by atoms with Crippen LogP contribution in [0.2, 0.25) is 0 Å². The zero-order valence-corrected chi connectivity index (χ0v) is 28.5. The van der Waals surface area contributed by atoms with Crippen LogP contribution in [0.5, 0.6) is 0 Å². The van der Waals surface area contributed by atoms with Gasteiger partial charge in [-0.1, -0.05) is 97.6 Å². The van der Waals surface area contributed by atoms with Gasteiger partial charge in [0.15, 0.2) is 0 Å². The molecule has 1 heterocycles. The number of ether oxygens (including phenoxy) is 1. The molecule has 5 N–H and O–H groups in total. The number of carbonyl (C=O) groups is 6. The third-order valence-electron chi connectivity index (χ3n) is 8.97. The number of benzene rings is 1. The van der Waals surface area contributed by atoms with E-state index in [4.69, 9.17) is 10.5 Å². The second kappa shape index (κ2) is 18.5. The lowest BCUT2D eigenvalue weighted by molar-refractivity contribution is -0.150. The summed E-state index contributed by atoms with van der Waals surface area (Å²) in [6.07, 6.45) is 8.21. The molecule has 1 aliphatic heterocycles. The smallest absolute Gasteiger partial charge is 0.329 e. The minimum Gasteiger partial charge on any atom is -0.459 e. The Hall–Kier alpha value is -3.96. The number of hydrogen-bond acceptors (Lipinski definition) is 7. The summed E-state index contributed by atoms with van der Waals surface area (Å²) in [4.78, 5) is 78.1. The summed E-state index contributed by atoms with van der Waals surface area (Å²) >= 11 is 0. The molecular weight excluding hydrogens is 614 g/mol. The Morgan fingerprint density at radius 1 is 0.896 bits per heavy atom. The molecule has 1 aromatic carbocycles. The van der Waals surface area contributed by atoms with Gasteiger partial charge in [0.25, 0.3) is 5.91 Å². The number of amides is 5. The first-order valence-electron chi connectivity index (χ1n) is 16.9. The predicted molar refractivity (Wildman–Crippen MR) is 183 cm³/mol. The molecule has 48 heavy (non-hydrogen) atoms. The van der Waals surface area contributed by atoms with E-state index in [1.54, 1.807) is 0 Å². The zero-order chi connectivity index (χ0) is 34.7. The normalized spacial score (nSPS) is 19.6. The highest BCUT2D eigenvalue weighted by Gasteiger charge is 2.42. The van der Waals surface area contributed by atoms with Crippen molar-refractivity contribution >= 4 is 35.5 Å². The third-order valence-corrected chi connectivity index (χ3v) is 8.97. The first-order valence-corrected chi connectivity index (χ1v) is 16.9. The van der Waals surface area contributed by atoms with E-state index in [1.165, 1.54) is 24.7 Å². The van der Waals surface area contributed by atoms with Crippen LogP contribution in [0.4, 0.5) is 4.79 Å². The van der Waals surface area contributed by atoms with E-state index in [0.29, 0.717) is 19.4 Å². The number of nitrogens with zero attached hydrogens (tertiary/aromatic N) is 1. The molecule has 12 heteroatoms. The summed E-state index contributed by atoms with van der Waals surface area (Å²) in [7, 11) is 0. The van der Waals surface area contributed by atoms with Crippen molar-refractivity contribution in [2.24, 2.45) is 23.0 Å². The van der Waals surface area contributed by atoms with Gasteiger partial charge in [0.2, 0.25) is 17.6 Å². The van der Waals surface area contributed by atoms with Gasteiger partial charge >= 0.3 is 12.0 Å². The van der Waals surface area contributed by atoms with Gasteiger partial charge in [0.05, 0.1) is 6.04 Å². The van der Waals surface area contributed by atoms with Crippen molar-refractivity contribution < 1.29 is 33.5 Å². The van der Waals surface area contributed by atoms with Crippen LogP contribution in [0.25, 0.3) is 0 Å². The molecule has 5 amide bonds. The highest BCUT2D eigenvalue weighted by molar-refractivity contribution is 6.37. The van der Waals surface area contributed by atoms with Crippen molar-refractivity contribution in [3.8, 4) is 0 Å². The maximum Gasteiger partial charge on any atom is 0.329 e. The van der Waals surface area contributed by atoms with Gasteiger partial charge < -0.3 is 31.3 Å². The summed E-state index contributed by atoms with van der Waals surface area (Å²) in [6.45, 7) is 9.42. The number of nitrogens with two attached hydrogens (primary N) is 1. The molecule has 4 rings (SSSR count).